The molecule has 21 heavy (non-hydrogen) atoms. The maximum Gasteiger partial charge on any atom is 0.122 e. The fraction of sp³-hybridized carbons (Fsp3) is 0.667. The van der Waals surface area contributed by atoms with E-state index in [0.29, 0.717) is 12.1 Å². The van der Waals surface area contributed by atoms with Crippen LogP contribution in [0.15, 0.2) is 24.3 Å². The number of ether oxygens (including phenoxy) is 1. The lowest BCUT2D eigenvalue weighted by atomic mass is 9.99. The van der Waals surface area contributed by atoms with Crippen molar-refractivity contribution in [3.05, 3.63) is 29.8 Å². The molecule has 0 bridgehead atoms. The topological polar surface area (TPSA) is 24.5 Å². The third-order valence-electron chi connectivity index (χ3n) is 4.50. The summed E-state index contributed by atoms with van der Waals surface area (Å²) in [4.78, 5) is 2.69. The van der Waals surface area contributed by atoms with Crippen molar-refractivity contribution in [1.82, 2.24) is 10.2 Å². The molecule has 0 radical (unpaired) electrons. The Hall–Kier alpha value is -1.06. The third-order valence-corrected chi connectivity index (χ3v) is 4.50. The zero-order chi connectivity index (χ0) is 15.1. The molecule has 0 aliphatic carbocycles. The highest BCUT2D eigenvalue weighted by atomic mass is 16.5. The van der Waals surface area contributed by atoms with Gasteiger partial charge in [-0.05, 0) is 57.3 Å². The third kappa shape index (κ3) is 4.45. The molecule has 1 heterocycles. The monoisotopic (exact) mass is 290 g/mol. The Bertz CT molecular complexity index is 415. The van der Waals surface area contributed by atoms with Crippen molar-refractivity contribution < 1.29 is 4.74 Å². The molecule has 0 saturated carbocycles. The molecule has 1 aromatic carbocycles. The summed E-state index contributed by atoms with van der Waals surface area (Å²) >= 11 is 0. The zero-order valence-corrected chi connectivity index (χ0v) is 13.8. The van der Waals surface area contributed by atoms with E-state index in [9.17, 15) is 0 Å². The molecule has 1 N–H and O–H groups in total. The van der Waals surface area contributed by atoms with Crippen LogP contribution in [0.5, 0.6) is 5.75 Å². The second kappa shape index (κ2) is 8.40. The smallest absolute Gasteiger partial charge is 0.122 e. The SMILES string of the molecule is CCCN(C(C)Cc1ccccc1OC)C1CCCNC1. The van der Waals surface area contributed by atoms with Gasteiger partial charge in [0.1, 0.15) is 5.75 Å². The molecule has 118 valence electrons. The number of hydrogen-bond acceptors (Lipinski definition) is 3. The van der Waals surface area contributed by atoms with Crippen molar-refractivity contribution in [3.8, 4) is 5.75 Å². The summed E-state index contributed by atoms with van der Waals surface area (Å²) in [6, 6.07) is 9.64. The standard InChI is InChI=1S/C18H30N2O/c1-4-12-20(17-9-7-11-19-14-17)15(2)13-16-8-5-6-10-18(16)21-3/h5-6,8,10,15,17,19H,4,7,9,11-14H2,1-3H3. The lowest BCUT2D eigenvalue weighted by Crippen LogP contribution is -2.50. The van der Waals surface area contributed by atoms with E-state index in [0.717, 1.165) is 18.7 Å². The number of benzene rings is 1. The highest BCUT2D eigenvalue weighted by Crippen LogP contribution is 2.23. The van der Waals surface area contributed by atoms with Crippen molar-refractivity contribution >= 4 is 0 Å². The molecule has 3 nitrogen and oxygen atoms in total. The summed E-state index contributed by atoms with van der Waals surface area (Å²) in [5.74, 6) is 1.02. The first-order chi connectivity index (χ1) is 10.3. The van der Waals surface area contributed by atoms with Crippen LogP contribution in [0.25, 0.3) is 0 Å². The average molecular weight is 290 g/mol. The number of piperidine rings is 1. The molecule has 3 heteroatoms. The van der Waals surface area contributed by atoms with Crippen LogP contribution in [0.2, 0.25) is 0 Å². The Kier molecular flexibility index (Phi) is 6.52. The van der Waals surface area contributed by atoms with Crippen LogP contribution in [0.1, 0.15) is 38.7 Å². The van der Waals surface area contributed by atoms with Crippen molar-refractivity contribution in [3.63, 3.8) is 0 Å². The van der Waals surface area contributed by atoms with Crippen LogP contribution >= 0.6 is 0 Å². The maximum absolute atomic E-state index is 5.50. The van der Waals surface area contributed by atoms with Crippen LogP contribution in [-0.4, -0.2) is 43.7 Å². The molecule has 1 saturated heterocycles. The van der Waals surface area contributed by atoms with Crippen molar-refractivity contribution in [2.45, 2.75) is 51.6 Å². The highest BCUT2D eigenvalue weighted by Gasteiger charge is 2.25. The summed E-state index contributed by atoms with van der Waals surface area (Å²) in [5.41, 5.74) is 1.32. The molecule has 2 atom stereocenters. The molecule has 2 unspecified atom stereocenters. The molecular weight excluding hydrogens is 260 g/mol. The molecule has 1 aromatic rings. The number of methoxy groups -OCH3 is 1. The van der Waals surface area contributed by atoms with Gasteiger partial charge < -0.3 is 10.1 Å². The minimum Gasteiger partial charge on any atom is -0.496 e. The Morgan fingerprint density at radius 3 is 2.86 bits per heavy atom. The summed E-state index contributed by atoms with van der Waals surface area (Å²) in [6.45, 7) is 8.13. The minimum absolute atomic E-state index is 0.547. The van der Waals surface area contributed by atoms with Gasteiger partial charge in [-0.2, -0.15) is 0 Å². The first-order valence-corrected chi connectivity index (χ1v) is 8.34. The molecule has 1 fully saturated rings. The fourth-order valence-corrected chi connectivity index (χ4v) is 3.44. The van der Waals surface area contributed by atoms with Gasteiger partial charge in [-0.25, -0.2) is 0 Å². The van der Waals surface area contributed by atoms with Gasteiger partial charge in [0.15, 0.2) is 0 Å². The lowest BCUT2D eigenvalue weighted by Gasteiger charge is -2.39. The van der Waals surface area contributed by atoms with Crippen molar-refractivity contribution in [1.29, 1.82) is 0 Å². The Morgan fingerprint density at radius 1 is 1.38 bits per heavy atom. The molecule has 0 spiro atoms. The van der Waals surface area contributed by atoms with Crippen molar-refractivity contribution in [2.24, 2.45) is 0 Å². The second-order valence-corrected chi connectivity index (χ2v) is 6.10. The van der Waals surface area contributed by atoms with Gasteiger partial charge in [0.25, 0.3) is 0 Å². The van der Waals surface area contributed by atoms with Crippen LogP contribution in [-0.2, 0) is 6.42 Å². The van der Waals surface area contributed by atoms with Gasteiger partial charge in [0.05, 0.1) is 7.11 Å². The maximum atomic E-state index is 5.50. The molecular formula is C18H30N2O. The van der Waals surface area contributed by atoms with Crippen LogP contribution in [0.3, 0.4) is 0 Å². The van der Waals surface area contributed by atoms with E-state index in [1.54, 1.807) is 7.11 Å². The van der Waals surface area contributed by atoms with E-state index >= 15 is 0 Å². The molecule has 1 aliphatic rings. The summed E-state index contributed by atoms with van der Waals surface area (Å²) in [6.07, 6.45) is 4.89. The van der Waals surface area contributed by atoms with E-state index in [2.05, 4.69) is 42.3 Å². The summed E-state index contributed by atoms with van der Waals surface area (Å²) < 4.78 is 5.50. The van der Waals surface area contributed by atoms with Gasteiger partial charge >= 0.3 is 0 Å². The molecule has 0 amide bonds. The number of rotatable bonds is 7. The largest absolute Gasteiger partial charge is 0.496 e. The van der Waals surface area contributed by atoms with E-state index in [1.807, 2.05) is 6.07 Å². The average Bonchev–Trinajstić information content (AvgIpc) is 2.53. The van der Waals surface area contributed by atoms with Gasteiger partial charge in [0.2, 0.25) is 0 Å². The first kappa shape index (κ1) is 16.3. The predicted octanol–water partition coefficient (Wildman–Crippen LogP) is 3.09. The van der Waals surface area contributed by atoms with E-state index in [1.165, 1.54) is 37.9 Å². The number of hydrogen-bond donors (Lipinski definition) is 1. The van der Waals surface area contributed by atoms with Crippen LogP contribution < -0.4 is 10.1 Å². The number of nitrogens with one attached hydrogen (secondary N) is 1. The molecule has 2 rings (SSSR count). The number of para-hydroxylation sites is 1. The zero-order valence-electron chi connectivity index (χ0n) is 13.8. The van der Waals surface area contributed by atoms with Crippen LogP contribution in [0.4, 0.5) is 0 Å². The Balaban J connectivity index is 2.05. The Labute approximate surface area is 129 Å². The number of nitrogens with zero attached hydrogens (tertiary/aromatic N) is 1. The normalized spacial score (nSPS) is 20.5. The van der Waals surface area contributed by atoms with Gasteiger partial charge in [-0.15, -0.1) is 0 Å². The Morgan fingerprint density at radius 2 is 2.19 bits per heavy atom. The second-order valence-electron chi connectivity index (χ2n) is 6.10. The summed E-state index contributed by atoms with van der Waals surface area (Å²) in [7, 11) is 1.76. The van der Waals surface area contributed by atoms with Crippen LogP contribution in [0, 0.1) is 0 Å². The highest BCUT2D eigenvalue weighted by molar-refractivity contribution is 5.33. The van der Waals surface area contributed by atoms with Gasteiger partial charge in [0, 0.05) is 18.6 Å². The van der Waals surface area contributed by atoms with Gasteiger partial charge in [-0.1, -0.05) is 25.1 Å². The quantitative estimate of drug-likeness (QED) is 0.835. The van der Waals surface area contributed by atoms with Crippen molar-refractivity contribution in [2.75, 3.05) is 26.7 Å². The molecule has 1 aliphatic heterocycles. The lowest BCUT2D eigenvalue weighted by molar-refractivity contribution is 0.119. The minimum atomic E-state index is 0.547. The van der Waals surface area contributed by atoms with E-state index in [4.69, 9.17) is 4.74 Å². The predicted molar refractivity (Wildman–Crippen MR) is 89.0 cm³/mol. The summed E-state index contributed by atoms with van der Waals surface area (Å²) in [5, 5.41) is 3.55. The van der Waals surface area contributed by atoms with E-state index in [-0.39, 0.29) is 0 Å². The van der Waals surface area contributed by atoms with E-state index < -0.39 is 0 Å². The van der Waals surface area contributed by atoms with Gasteiger partial charge in [-0.3, -0.25) is 4.90 Å². The fourth-order valence-electron chi connectivity index (χ4n) is 3.44. The molecule has 0 aromatic heterocycles. The first-order valence-electron chi connectivity index (χ1n) is 8.34.